The Morgan fingerprint density at radius 1 is 1.45 bits per heavy atom. The first-order valence-electron chi connectivity index (χ1n) is 6.37. The van der Waals surface area contributed by atoms with Crippen LogP contribution in [0, 0.1) is 10.1 Å². The molecule has 0 aromatic heterocycles. The summed E-state index contributed by atoms with van der Waals surface area (Å²) in [6.45, 7) is 4.84. The van der Waals surface area contributed by atoms with E-state index in [9.17, 15) is 14.9 Å². The van der Waals surface area contributed by atoms with Gasteiger partial charge in [0, 0.05) is 24.6 Å². The number of benzene rings is 1. The Hall–Kier alpha value is -1.66. The predicted octanol–water partition coefficient (Wildman–Crippen LogP) is 2.96. The van der Waals surface area contributed by atoms with Gasteiger partial charge in [0.15, 0.2) is 0 Å². The van der Waals surface area contributed by atoms with Crippen LogP contribution in [0.3, 0.4) is 0 Å². The molecule has 0 bridgehead atoms. The summed E-state index contributed by atoms with van der Waals surface area (Å²) in [4.78, 5) is 21.7. The van der Waals surface area contributed by atoms with Crippen LogP contribution in [0.15, 0.2) is 18.2 Å². The van der Waals surface area contributed by atoms with E-state index in [1.165, 1.54) is 18.2 Å². The van der Waals surface area contributed by atoms with E-state index in [4.69, 9.17) is 11.6 Å². The minimum atomic E-state index is -0.533. The van der Waals surface area contributed by atoms with Crippen LogP contribution in [0.5, 0.6) is 0 Å². The van der Waals surface area contributed by atoms with Gasteiger partial charge in [0.05, 0.1) is 15.6 Å². The molecule has 0 radical (unpaired) electrons. The Balaban J connectivity index is 2.48. The lowest BCUT2D eigenvalue weighted by molar-refractivity contribution is -0.384. The SMILES string of the molecule is CC(C)NCCCC(=O)Nc1ccc([N+](=O)[O-])cc1Cl. The summed E-state index contributed by atoms with van der Waals surface area (Å²) in [7, 11) is 0. The summed E-state index contributed by atoms with van der Waals surface area (Å²) in [5.41, 5.74) is 0.285. The molecule has 0 spiro atoms. The maximum Gasteiger partial charge on any atom is 0.271 e. The molecule has 1 aromatic rings. The number of rotatable bonds is 7. The molecule has 0 saturated heterocycles. The highest BCUT2D eigenvalue weighted by Gasteiger charge is 2.11. The fraction of sp³-hybridized carbons (Fsp3) is 0.462. The number of anilines is 1. The Morgan fingerprint density at radius 2 is 2.15 bits per heavy atom. The molecule has 1 rings (SSSR count). The number of halogens is 1. The van der Waals surface area contributed by atoms with Crippen molar-refractivity contribution >= 4 is 28.9 Å². The van der Waals surface area contributed by atoms with E-state index in [1.807, 2.05) is 13.8 Å². The zero-order valence-corrected chi connectivity index (χ0v) is 12.2. The topological polar surface area (TPSA) is 84.3 Å². The number of non-ortho nitro benzene ring substituents is 1. The van der Waals surface area contributed by atoms with Gasteiger partial charge in [-0.05, 0) is 19.0 Å². The third kappa shape index (κ3) is 5.54. The van der Waals surface area contributed by atoms with Crippen molar-refractivity contribution < 1.29 is 9.72 Å². The average molecular weight is 300 g/mol. The number of hydrogen-bond acceptors (Lipinski definition) is 4. The molecule has 110 valence electrons. The Labute approximate surface area is 122 Å². The minimum Gasteiger partial charge on any atom is -0.325 e. The molecule has 0 aliphatic carbocycles. The zero-order valence-electron chi connectivity index (χ0n) is 11.5. The maximum absolute atomic E-state index is 11.7. The van der Waals surface area contributed by atoms with E-state index in [-0.39, 0.29) is 16.6 Å². The largest absolute Gasteiger partial charge is 0.325 e. The fourth-order valence-corrected chi connectivity index (χ4v) is 1.79. The first-order chi connectivity index (χ1) is 9.40. The molecule has 0 unspecified atom stereocenters. The molecule has 0 aliphatic rings. The molecule has 1 amide bonds. The molecule has 6 nitrogen and oxygen atoms in total. The molecule has 0 heterocycles. The van der Waals surface area contributed by atoms with Crippen LogP contribution in [0.4, 0.5) is 11.4 Å². The number of hydrogen-bond donors (Lipinski definition) is 2. The molecule has 0 fully saturated rings. The molecule has 2 N–H and O–H groups in total. The molecular formula is C13H18ClN3O3. The second kappa shape index (κ2) is 7.81. The molecule has 7 heteroatoms. The van der Waals surface area contributed by atoms with E-state index < -0.39 is 4.92 Å². The van der Waals surface area contributed by atoms with Gasteiger partial charge in [-0.25, -0.2) is 0 Å². The first-order valence-corrected chi connectivity index (χ1v) is 6.75. The molecule has 20 heavy (non-hydrogen) atoms. The van der Waals surface area contributed by atoms with Gasteiger partial charge in [-0.1, -0.05) is 25.4 Å². The number of nitro benzene ring substituents is 1. The van der Waals surface area contributed by atoms with Crippen molar-refractivity contribution in [3.63, 3.8) is 0 Å². The van der Waals surface area contributed by atoms with Crippen LogP contribution in [0.1, 0.15) is 26.7 Å². The van der Waals surface area contributed by atoms with Gasteiger partial charge < -0.3 is 10.6 Å². The lowest BCUT2D eigenvalue weighted by Crippen LogP contribution is -2.24. The highest BCUT2D eigenvalue weighted by Crippen LogP contribution is 2.26. The van der Waals surface area contributed by atoms with Crippen molar-refractivity contribution in [2.45, 2.75) is 32.7 Å². The fourth-order valence-electron chi connectivity index (χ4n) is 1.57. The smallest absolute Gasteiger partial charge is 0.271 e. The van der Waals surface area contributed by atoms with E-state index in [0.29, 0.717) is 24.6 Å². The lowest BCUT2D eigenvalue weighted by Gasteiger charge is -2.09. The maximum atomic E-state index is 11.7. The molecular weight excluding hydrogens is 282 g/mol. The van der Waals surface area contributed by atoms with Gasteiger partial charge in [-0.3, -0.25) is 14.9 Å². The zero-order chi connectivity index (χ0) is 15.1. The van der Waals surface area contributed by atoms with Crippen molar-refractivity contribution in [3.8, 4) is 0 Å². The van der Waals surface area contributed by atoms with Crippen molar-refractivity contribution in [1.82, 2.24) is 5.32 Å². The van der Waals surface area contributed by atoms with Crippen LogP contribution < -0.4 is 10.6 Å². The second-order valence-electron chi connectivity index (χ2n) is 4.68. The summed E-state index contributed by atoms with van der Waals surface area (Å²) in [5, 5.41) is 16.6. The van der Waals surface area contributed by atoms with Gasteiger partial charge in [0.2, 0.25) is 5.91 Å². The summed E-state index contributed by atoms with van der Waals surface area (Å²) >= 11 is 5.89. The molecule has 1 aromatic carbocycles. The average Bonchev–Trinajstić information content (AvgIpc) is 2.36. The Kier molecular flexibility index (Phi) is 6.41. The van der Waals surface area contributed by atoms with Crippen LogP contribution >= 0.6 is 11.6 Å². The van der Waals surface area contributed by atoms with Gasteiger partial charge in [-0.15, -0.1) is 0 Å². The highest BCUT2D eigenvalue weighted by atomic mass is 35.5. The van der Waals surface area contributed by atoms with Gasteiger partial charge in [0.25, 0.3) is 5.69 Å². The van der Waals surface area contributed by atoms with E-state index in [0.717, 1.165) is 6.54 Å². The third-order valence-corrected chi connectivity index (χ3v) is 2.88. The number of amides is 1. The monoisotopic (exact) mass is 299 g/mol. The number of carbonyl (C=O) groups is 1. The van der Waals surface area contributed by atoms with Gasteiger partial charge >= 0.3 is 0 Å². The predicted molar refractivity (Wildman–Crippen MR) is 79.1 cm³/mol. The van der Waals surface area contributed by atoms with Crippen molar-refractivity contribution in [1.29, 1.82) is 0 Å². The highest BCUT2D eigenvalue weighted by molar-refractivity contribution is 6.33. The molecule has 0 atom stereocenters. The van der Waals surface area contributed by atoms with Crippen molar-refractivity contribution in [2.24, 2.45) is 0 Å². The minimum absolute atomic E-state index is 0.103. The van der Waals surface area contributed by atoms with Crippen LogP contribution in [-0.2, 0) is 4.79 Å². The second-order valence-corrected chi connectivity index (χ2v) is 5.09. The summed E-state index contributed by atoms with van der Waals surface area (Å²) in [5.74, 6) is -0.161. The standard InChI is InChI=1S/C13H18ClN3O3/c1-9(2)15-7-3-4-13(18)16-12-6-5-10(17(19)20)8-11(12)14/h5-6,8-9,15H,3-4,7H2,1-2H3,(H,16,18). The summed E-state index contributed by atoms with van der Waals surface area (Å²) in [6, 6.07) is 4.35. The normalized spacial score (nSPS) is 10.6. The Morgan fingerprint density at radius 3 is 2.70 bits per heavy atom. The lowest BCUT2D eigenvalue weighted by atomic mass is 10.2. The van der Waals surface area contributed by atoms with Crippen LogP contribution in [-0.4, -0.2) is 23.4 Å². The van der Waals surface area contributed by atoms with E-state index in [2.05, 4.69) is 10.6 Å². The molecule has 0 aliphatic heterocycles. The third-order valence-electron chi connectivity index (χ3n) is 2.57. The number of nitro groups is 1. The number of carbonyl (C=O) groups excluding carboxylic acids is 1. The molecule has 0 saturated carbocycles. The Bertz CT molecular complexity index is 492. The van der Waals surface area contributed by atoms with Crippen LogP contribution in [0.2, 0.25) is 5.02 Å². The summed E-state index contributed by atoms with van der Waals surface area (Å²) < 4.78 is 0. The van der Waals surface area contributed by atoms with E-state index >= 15 is 0 Å². The van der Waals surface area contributed by atoms with Crippen molar-refractivity contribution in [2.75, 3.05) is 11.9 Å². The first kappa shape index (κ1) is 16.4. The van der Waals surface area contributed by atoms with Crippen LogP contribution in [0.25, 0.3) is 0 Å². The quantitative estimate of drug-likeness (QED) is 0.460. The van der Waals surface area contributed by atoms with Gasteiger partial charge in [-0.2, -0.15) is 0 Å². The number of nitrogens with zero attached hydrogens (tertiary/aromatic N) is 1. The van der Waals surface area contributed by atoms with Crippen molar-refractivity contribution in [3.05, 3.63) is 33.3 Å². The van der Waals surface area contributed by atoms with E-state index in [1.54, 1.807) is 0 Å². The number of nitrogens with one attached hydrogen (secondary N) is 2. The van der Waals surface area contributed by atoms with Gasteiger partial charge in [0.1, 0.15) is 0 Å². The summed E-state index contributed by atoms with van der Waals surface area (Å²) in [6.07, 6.45) is 1.08.